The number of thioether (sulfide) groups is 2. The van der Waals surface area contributed by atoms with Gasteiger partial charge in [-0.25, -0.2) is 0 Å². The van der Waals surface area contributed by atoms with Crippen molar-refractivity contribution in [3.63, 3.8) is 0 Å². The molecule has 1 atom stereocenters. The Kier molecular flexibility index (Phi) is 6.76. The van der Waals surface area contributed by atoms with E-state index in [1.54, 1.807) is 32.3 Å². The number of carbonyl (C=O) groups excluding carboxylic acids is 2. The second-order valence-corrected chi connectivity index (χ2v) is 5.34. The van der Waals surface area contributed by atoms with E-state index in [4.69, 9.17) is 4.74 Å². The van der Waals surface area contributed by atoms with Gasteiger partial charge < -0.3 is 4.74 Å². The van der Waals surface area contributed by atoms with Crippen molar-refractivity contribution in [2.45, 2.75) is 25.5 Å². The third-order valence-electron chi connectivity index (χ3n) is 1.63. The van der Waals surface area contributed by atoms with Crippen LogP contribution in [-0.4, -0.2) is 28.0 Å². The second-order valence-electron chi connectivity index (χ2n) is 2.88. The molecule has 0 saturated carbocycles. The van der Waals surface area contributed by atoms with E-state index in [1.165, 1.54) is 0 Å². The largest absolute Gasteiger partial charge is 0.465 e. The number of hydrogen-bond acceptors (Lipinski definition) is 5. The van der Waals surface area contributed by atoms with E-state index >= 15 is 0 Å². The number of rotatable bonds is 4. The molecule has 0 unspecified atom stereocenters. The Bertz CT molecular complexity index is 263. The van der Waals surface area contributed by atoms with Crippen LogP contribution in [0.3, 0.4) is 0 Å². The summed E-state index contributed by atoms with van der Waals surface area (Å²) in [5.41, 5.74) is 0. The number of hydrogen-bond donors (Lipinski definition) is 0. The van der Waals surface area contributed by atoms with Gasteiger partial charge in [-0.2, -0.15) is 0 Å². The summed E-state index contributed by atoms with van der Waals surface area (Å²) >= 11 is 2.08. The third kappa shape index (κ3) is 4.75. The van der Waals surface area contributed by atoms with Crippen LogP contribution in [0, 0.1) is 0 Å². The van der Waals surface area contributed by atoms with Crippen molar-refractivity contribution < 1.29 is 14.3 Å². The van der Waals surface area contributed by atoms with E-state index in [0.717, 1.165) is 23.5 Å². The van der Waals surface area contributed by atoms with E-state index in [0.29, 0.717) is 6.61 Å². The Balaban J connectivity index is 4.72. The molecule has 0 aromatic heterocycles. The lowest BCUT2D eigenvalue weighted by atomic mass is 10.1. The van der Waals surface area contributed by atoms with E-state index in [9.17, 15) is 9.59 Å². The summed E-state index contributed by atoms with van der Waals surface area (Å²) in [4.78, 5) is 22.9. The number of ether oxygens (including phenoxy) is 1. The zero-order valence-electron chi connectivity index (χ0n) is 9.40. The highest BCUT2D eigenvalue weighted by molar-refractivity contribution is 8.39. The lowest BCUT2D eigenvalue weighted by Gasteiger charge is -2.21. The van der Waals surface area contributed by atoms with Gasteiger partial charge in [0.25, 0.3) is 0 Å². The molecule has 0 fully saturated rings. The van der Waals surface area contributed by atoms with Crippen LogP contribution < -0.4 is 0 Å². The van der Waals surface area contributed by atoms with Crippen LogP contribution in [0.2, 0.25) is 0 Å². The van der Waals surface area contributed by atoms with E-state index in [1.807, 2.05) is 6.92 Å². The molecule has 0 aromatic carbocycles. The Morgan fingerprint density at radius 2 is 2.07 bits per heavy atom. The van der Waals surface area contributed by atoms with Gasteiger partial charge in [-0.05, 0) is 27.0 Å². The van der Waals surface area contributed by atoms with Crippen LogP contribution in [0.5, 0.6) is 0 Å². The van der Waals surface area contributed by atoms with E-state index in [-0.39, 0.29) is 10.4 Å². The lowest BCUT2D eigenvalue weighted by Crippen LogP contribution is -2.32. The summed E-state index contributed by atoms with van der Waals surface area (Å²) < 4.78 is 3.93. The Morgan fingerprint density at radius 3 is 2.47 bits per heavy atom. The molecule has 0 radical (unpaired) electrons. The van der Waals surface area contributed by atoms with Crippen molar-refractivity contribution in [1.82, 2.24) is 0 Å². The topological polar surface area (TPSA) is 43.4 Å². The molecular weight excluding hydrogens is 232 g/mol. The summed E-state index contributed by atoms with van der Waals surface area (Å²) in [5.74, 6) is -0.379. The quantitative estimate of drug-likeness (QED) is 0.565. The van der Waals surface area contributed by atoms with Crippen LogP contribution in [0.15, 0.2) is 12.2 Å². The van der Waals surface area contributed by atoms with Crippen molar-refractivity contribution in [1.29, 1.82) is 0 Å². The summed E-state index contributed by atoms with van der Waals surface area (Å²) in [6, 6.07) is 0. The molecule has 0 N–H and O–H groups in total. The van der Waals surface area contributed by atoms with Gasteiger partial charge >= 0.3 is 5.97 Å². The predicted octanol–water partition coefficient (Wildman–Crippen LogP) is 3.10. The molecule has 5 heteroatoms. The molecule has 0 rings (SSSR count). The first-order chi connectivity index (χ1) is 7.00. The average Bonchev–Trinajstić information content (AvgIpc) is 2.18. The minimum absolute atomic E-state index is 0.0938. The van der Waals surface area contributed by atoms with Gasteiger partial charge in [0.05, 0.1) is 6.61 Å². The molecule has 0 aliphatic heterocycles. The van der Waals surface area contributed by atoms with Gasteiger partial charge in [0.2, 0.25) is 4.45 Å². The van der Waals surface area contributed by atoms with Crippen molar-refractivity contribution in [3.05, 3.63) is 12.2 Å². The highest BCUT2D eigenvalue weighted by Gasteiger charge is 2.35. The van der Waals surface area contributed by atoms with Crippen molar-refractivity contribution in [2.24, 2.45) is 0 Å². The summed E-state index contributed by atoms with van der Waals surface area (Å²) in [6.07, 6.45) is 5.12. The molecular formula is C10H16O3S2. The molecule has 0 amide bonds. The standard InChI is InChI=1S/C10H16O3S2/c1-5-7-10(3,8(11)13-6-2)15-9(12)14-4/h5,7H,6H2,1-4H3/b7-5+/t10-/m1/s1. The summed E-state index contributed by atoms with van der Waals surface area (Å²) in [5, 5.41) is 0. The fourth-order valence-electron chi connectivity index (χ4n) is 0.951. The molecule has 0 heterocycles. The van der Waals surface area contributed by atoms with Crippen molar-refractivity contribution >= 4 is 33.9 Å². The highest BCUT2D eigenvalue weighted by atomic mass is 32.2. The van der Waals surface area contributed by atoms with E-state index in [2.05, 4.69) is 0 Å². The molecule has 0 aromatic rings. The first-order valence-corrected chi connectivity index (χ1v) is 6.62. The molecule has 3 nitrogen and oxygen atoms in total. The fourth-order valence-corrected chi connectivity index (χ4v) is 2.50. The highest BCUT2D eigenvalue weighted by Crippen LogP contribution is 2.32. The van der Waals surface area contributed by atoms with Crippen LogP contribution >= 0.6 is 23.5 Å². The molecule has 15 heavy (non-hydrogen) atoms. The Labute approximate surface area is 99.0 Å². The normalized spacial score (nSPS) is 14.9. The first-order valence-electron chi connectivity index (χ1n) is 4.58. The van der Waals surface area contributed by atoms with Gasteiger partial charge in [0.15, 0.2) is 0 Å². The van der Waals surface area contributed by atoms with Crippen LogP contribution in [0.1, 0.15) is 20.8 Å². The molecule has 0 bridgehead atoms. The molecule has 86 valence electrons. The SMILES string of the molecule is C/C=C/[C@@](C)(SC(=O)SC)C(=O)OCC. The minimum Gasteiger partial charge on any atom is -0.465 e. The third-order valence-corrected chi connectivity index (χ3v) is 3.60. The Hall–Kier alpha value is -0.420. The zero-order valence-corrected chi connectivity index (χ0v) is 11.0. The first kappa shape index (κ1) is 14.6. The van der Waals surface area contributed by atoms with Gasteiger partial charge in [-0.1, -0.05) is 35.7 Å². The van der Waals surface area contributed by atoms with Gasteiger partial charge in [0.1, 0.15) is 4.75 Å². The van der Waals surface area contributed by atoms with Gasteiger partial charge in [-0.15, -0.1) is 0 Å². The lowest BCUT2D eigenvalue weighted by molar-refractivity contribution is -0.144. The monoisotopic (exact) mass is 248 g/mol. The number of allylic oxidation sites excluding steroid dienone is 1. The second kappa shape index (κ2) is 6.95. The number of esters is 1. The van der Waals surface area contributed by atoms with Crippen molar-refractivity contribution in [2.75, 3.05) is 12.9 Å². The Morgan fingerprint density at radius 1 is 1.47 bits per heavy atom. The fraction of sp³-hybridized carbons (Fsp3) is 0.600. The molecule has 0 aliphatic carbocycles. The van der Waals surface area contributed by atoms with Crippen LogP contribution in [-0.2, 0) is 9.53 Å². The van der Waals surface area contributed by atoms with Crippen LogP contribution in [0.4, 0.5) is 4.79 Å². The molecule has 0 saturated heterocycles. The zero-order chi connectivity index (χ0) is 11.9. The smallest absolute Gasteiger partial charge is 0.326 e. The van der Waals surface area contributed by atoms with Crippen LogP contribution in [0.25, 0.3) is 0 Å². The van der Waals surface area contributed by atoms with Gasteiger partial charge in [0, 0.05) is 0 Å². The maximum absolute atomic E-state index is 11.7. The maximum Gasteiger partial charge on any atom is 0.326 e. The summed E-state index contributed by atoms with van der Waals surface area (Å²) in [7, 11) is 0. The van der Waals surface area contributed by atoms with Crippen molar-refractivity contribution in [3.8, 4) is 0 Å². The number of carbonyl (C=O) groups is 2. The molecule has 0 aliphatic rings. The predicted molar refractivity (Wildman–Crippen MR) is 66.4 cm³/mol. The molecule has 0 spiro atoms. The average molecular weight is 248 g/mol. The summed E-state index contributed by atoms with van der Waals surface area (Å²) in [6.45, 7) is 5.56. The van der Waals surface area contributed by atoms with Gasteiger partial charge in [-0.3, -0.25) is 9.59 Å². The van der Waals surface area contributed by atoms with E-state index < -0.39 is 4.75 Å². The maximum atomic E-state index is 11.7. The minimum atomic E-state index is -0.912.